The SMILES string of the molecule is O=C1C[C@@H](NS(=O)(=O)N2CCCC2)CN1C1Cc2ccccc2C1. The Morgan fingerprint density at radius 1 is 1.00 bits per heavy atom. The number of carbonyl (C=O) groups is 1. The van der Waals surface area contributed by atoms with Crippen molar-refractivity contribution in [2.24, 2.45) is 0 Å². The van der Waals surface area contributed by atoms with Crippen LogP contribution in [0.2, 0.25) is 0 Å². The number of fused-ring (bicyclic) bond motifs is 1. The quantitative estimate of drug-likeness (QED) is 0.869. The van der Waals surface area contributed by atoms with Gasteiger partial charge in [-0.3, -0.25) is 4.79 Å². The van der Waals surface area contributed by atoms with Crippen molar-refractivity contribution >= 4 is 16.1 Å². The average Bonchev–Trinajstić information content (AvgIpc) is 3.25. The molecule has 6 nitrogen and oxygen atoms in total. The molecule has 0 saturated carbocycles. The van der Waals surface area contributed by atoms with Crippen LogP contribution >= 0.6 is 0 Å². The molecular formula is C17H23N3O3S. The number of rotatable bonds is 4. The Balaban J connectivity index is 1.41. The Morgan fingerprint density at radius 3 is 2.25 bits per heavy atom. The normalized spacial score (nSPS) is 25.6. The zero-order valence-electron chi connectivity index (χ0n) is 13.6. The molecule has 2 saturated heterocycles. The molecule has 0 bridgehead atoms. The van der Waals surface area contributed by atoms with Gasteiger partial charge in [-0.05, 0) is 36.8 Å². The van der Waals surface area contributed by atoms with Crippen LogP contribution in [0.3, 0.4) is 0 Å². The van der Waals surface area contributed by atoms with Crippen LogP contribution in [0, 0.1) is 0 Å². The molecule has 7 heteroatoms. The monoisotopic (exact) mass is 349 g/mol. The van der Waals surface area contributed by atoms with Crippen LogP contribution < -0.4 is 4.72 Å². The van der Waals surface area contributed by atoms with Gasteiger partial charge >= 0.3 is 0 Å². The summed E-state index contributed by atoms with van der Waals surface area (Å²) in [6.45, 7) is 1.64. The average molecular weight is 349 g/mol. The first-order chi connectivity index (χ1) is 11.5. The summed E-state index contributed by atoms with van der Waals surface area (Å²) in [4.78, 5) is 14.3. The van der Waals surface area contributed by atoms with Gasteiger partial charge < -0.3 is 4.90 Å². The summed E-state index contributed by atoms with van der Waals surface area (Å²) >= 11 is 0. The van der Waals surface area contributed by atoms with Crippen LogP contribution in [-0.2, 0) is 27.8 Å². The second-order valence-electron chi connectivity index (χ2n) is 7.01. The van der Waals surface area contributed by atoms with Gasteiger partial charge in [-0.2, -0.15) is 17.4 Å². The van der Waals surface area contributed by atoms with E-state index in [2.05, 4.69) is 16.9 Å². The largest absolute Gasteiger partial charge is 0.337 e. The third kappa shape index (κ3) is 2.96. The summed E-state index contributed by atoms with van der Waals surface area (Å²) in [5, 5.41) is 0. The van der Waals surface area contributed by atoms with Crippen molar-refractivity contribution in [1.82, 2.24) is 13.9 Å². The lowest BCUT2D eigenvalue weighted by Crippen LogP contribution is -2.46. The fraction of sp³-hybridized carbons (Fsp3) is 0.588. The Kier molecular flexibility index (Phi) is 4.10. The minimum atomic E-state index is -3.46. The predicted octanol–water partition coefficient (Wildman–Crippen LogP) is 0.685. The van der Waals surface area contributed by atoms with Crippen LogP contribution in [0.1, 0.15) is 30.4 Å². The van der Waals surface area contributed by atoms with E-state index < -0.39 is 10.2 Å². The van der Waals surface area contributed by atoms with Crippen molar-refractivity contribution in [3.8, 4) is 0 Å². The summed E-state index contributed by atoms with van der Waals surface area (Å²) in [7, 11) is -3.46. The van der Waals surface area contributed by atoms with Gasteiger partial charge in [-0.25, -0.2) is 0 Å². The molecule has 0 unspecified atom stereocenters. The van der Waals surface area contributed by atoms with Gasteiger partial charge in [0.2, 0.25) is 5.91 Å². The third-order valence-corrected chi connectivity index (χ3v) is 7.03. The van der Waals surface area contributed by atoms with E-state index >= 15 is 0 Å². The summed E-state index contributed by atoms with van der Waals surface area (Å²) in [6.07, 6.45) is 3.83. The number of benzene rings is 1. The molecule has 3 aliphatic rings. The number of nitrogens with zero attached hydrogens (tertiary/aromatic N) is 2. The first kappa shape index (κ1) is 16.1. The summed E-state index contributed by atoms with van der Waals surface area (Å²) in [6, 6.07) is 8.13. The zero-order valence-corrected chi connectivity index (χ0v) is 14.5. The van der Waals surface area contributed by atoms with E-state index in [9.17, 15) is 13.2 Å². The number of carbonyl (C=O) groups excluding carboxylic acids is 1. The Hall–Kier alpha value is -1.44. The Bertz CT molecular complexity index is 718. The molecule has 1 aliphatic carbocycles. The predicted molar refractivity (Wildman–Crippen MR) is 90.6 cm³/mol. The van der Waals surface area contributed by atoms with Gasteiger partial charge in [0.05, 0.1) is 0 Å². The topological polar surface area (TPSA) is 69.7 Å². The zero-order chi connectivity index (χ0) is 16.7. The Morgan fingerprint density at radius 2 is 1.62 bits per heavy atom. The number of hydrogen-bond donors (Lipinski definition) is 1. The van der Waals surface area contributed by atoms with Gasteiger partial charge in [0.25, 0.3) is 10.2 Å². The molecule has 1 atom stereocenters. The number of nitrogens with one attached hydrogen (secondary N) is 1. The van der Waals surface area contributed by atoms with Crippen LogP contribution in [0.15, 0.2) is 24.3 Å². The lowest BCUT2D eigenvalue weighted by molar-refractivity contribution is -0.129. The van der Waals surface area contributed by atoms with E-state index in [0.717, 1.165) is 25.7 Å². The molecule has 4 rings (SSSR count). The molecule has 1 aromatic rings. The van der Waals surface area contributed by atoms with Crippen molar-refractivity contribution in [3.05, 3.63) is 35.4 Å². The van der Waals surface area contributed by atoms with Crippen molar-refractivity contribution in [2.45, 2.75) is 44.2 Å². The minimum Gasteiger partial charge on any atom is -0.337 e. The maximum absolute atomic E-state index is 12.4. The summed E-state index contributed by atoms with van der Waals surface area (Å²) in [5.41, 5.74) is 2.60. The maximum Gasteiger partial charge on any atom is 0.279 e. The second kappa shape index (κ2) is 6.13. The molecule has 1 amide bonds. The highest BCUT2D eigenvalue weighted by Gasteiger charge is 2.39. The number of likely N-dealkylation sites (tertiary alicyclic amines) is 1. The van der Waals surface area contributed by atoms with Crippen LogP contribution in [-0.4, -0.2) is 55.2 Å². The third-order valence-electron chi connectivity index (χ3n) is 5.35. The molecule has 130 valence electrons. The molecular weight excluding hydrogens is 326 g/mol. The highest BCUT2D eigenvalue weighted by atomic mass is 32.2. The van der Waals surface area contributed by atoms with E-state index in [-0.39, 0.29) is 24.4 Å². The van der Waals surface area contributed by atoms with E-state index in [1.807, 2.05) is 17.0 Å². The van der Waals surface area contributed by atoms with Crippen molar-refractivity contribution in [1.29, 1.82) is 0 Å². The highest BCUT2D eigenvalue weighted by Crippen LogP contribution is 2.28. The van der Waals surface area contributed by atoms with Gasteiger partial charge in [0.15, 0.2) is 0 Å². The van der Waals surface area contributed by atoms with Crippen LogP contribution in [0.25, 0.3) is 0 Å². The van der Waals surface area contributed by atoms with Crippen LogP contribution in [0.5, 0.6) is 0 Å². The molecule has 0 spiro atoms. The van der Waals surface area contributed by atoms with Gasteiger partial charge in [-0.15, -0.1) is 0 Å². The summed E-state index contributed by atoms with van der Waals surface area (Å²) in [5.74, 6) is 0.0573. The van der Waals surface area contributed by atoms with Gasteiger partial charge in [0.1, 0.15) is 0 Å². The minimum absolute atomic E-state index is 0.0573. The van der Waals surface area contributed by atoms with E-state index in [1.165, 1.54) is 15.4 Å². The van der Waals surface area contributed by atoms with Crippen LogP contribution in [0.4, 0.5) is 0 Å². The smallest absolute Gasteiger partial charge is 0.279 e. The Labute approximate surface area is 143 Å². The highest BCUT2D eigenvalue weighted by molar-refractivity contribution is 7.87. The first-order valence-corrected chi connectivity index (χ1v) is 10.1. The number of amides is 1. The van der Waals surface area contributed by atoms with Gasteiger partial charge in [-0.1, -0.05) is 24.3 Å². The molecule has 24 heavy (non-hydrogen) atoms. The first-order valence-electron chi connectivity index (χ1n) is 8.66. The van der Waals surface area contributed by atoms with E-state index in [1.54, 1.807) is 0 Å². The van der Waals surface area contributed by atoms with Crippen molar-refractivity contribution in [3.63, 3.8) is 0 Å². The molecule has 2 fully saturated rings. The number of hydrogen-bond acceptors (Lipinski definition) is 3. The molecule has 0 aromatic heterocycles. The van der Waals surface area contributed by atoms with E-state index in [0.29, 0.717) is 19.6 Å². The second-order valence-corrected chi connectivity index (χ2v) is 8.71. The molecule has 1 aromatic carbocycles. The van der Waals surface area contributed by atoms with Crippen molar-refractivity contribution < 1.29 is 13.2 Å². The molecule has 2 aliphatic heterocycles. The molecule has 0 radical (unpaired) electrons. The molecule has 2 heterocycles. The standard InChI is InChI=1S/C17H23N3O3S/c21-17-11-15(18-24(22,23)19-7-3-4-8-19)12-20(17)16-9-13-5-1-2-6-14(13)10-16/h1-2,5-6,15-16,18H,3-4,7-12H2/t15-/m1/s1. The van der Waals surface area contributed by atoms with E-state index in [4.69, 9.17) is 0 Å². The van der Waals surface area contributed by atoms with Crippen molar-refractivity contribution in [2.75, 3.05) is 19.6 Å². The lowest BCUT2D eigenvalue weighted by atomic mass is 10.1. The fourth-order valence-corrected chi connectivity index (χ4v) is 5.60. The summed E-state index contributed by atoms with van der Waals surface area (Å²) < 4.78 is 29.0. The molecule has 1 N–H and O–H groups in total. The van der Waals surface area contributed by atoms with Gasteiger partial charge in [0, 0.05) is 38.1 Å². The fourth-order valence-electron chi connectivity index (χ4n) is 4.13. The maximum atomic E-state index is 12.4. The lowest BCUT2D eigenvalue weighted by Gasteiger charge is -2.25.